The summed E-state index contributed by atoms with van der Waals surface area (Å²) < 4.78 is 0. The van der Waals surface area contributed by atoms with Crippen molar-refractivity contribution < 1.29 is 5.11 Å². The Morgan fingerprint density at radius 2 is 2.36 bits per heavy atom. The monoisotopic (exact) mass is 157 g/mol. The Labute approximate surface area is 69.2 Å². The van der Waals surface area contributed by atoms with Gasteiger partial charge in [-0.1, -0.05) is 6.92 Å². The molecule has 1 fully saturated rings. The molecule has 0 aromatic rings. The van der Waals surface area contributed by atoms with Gasteiger partial charge < -0.3 is 10.0 Å². The fraction of sp³-hybridized carbons (Fsp3) is 1.00. The van der Waals surface area contributed by atoms with Crippen molar-refractivity contribution in [2.45, 2.75) is 32.2 Å². The van der Waals surface area contributed by atoms with Crippen molar-refractivity contribution in [3.8, 4) is 0 Å². The van der Waals surface area contributed by atoms with Crippen molar-refractivity contribution in [3.05, 3.63) is 0 Å². The van der Waals surface area contributed by atoms with E-state index in [1.165, 1.54) is 19.4 Å². The van der Waals surface area contributed by atoms with Crippen molar-refractivity contribution in [1.82, 2.24) is 4.90 Å². The van der Waals surface area contributed by atoms with Gasteiger partial charge >= 0.3 is 0 Å². The Bertz CT molecular complexity index is 112. The summed E-state index contributed by atoms with van der Waals surface area (Å²) in [6.45, 7) is 3.72. The molecule has 0 aromatic heterocycles. The lowest BCUT2D eigenvalue weighted by molar-refractivity contribution is 0.140. The van der Waals surface area contributed by atoms with Crippen molar-refractivity contribution >= 4 is 0 Å². The zero-order valence-electron chi connectivity index (χ0n) is 7.58. The van der Waals surface area contributed by atoms with Crippen LogP contribution in [0.3, 0.4) is 0 Å². The van der Waals surface area contributed by atoms with Crippen LogP contribution in [-0.2, 0) is 0 Å². The Morgan fingerprint density at radius 3 is 2.73 bits per heavy atom. The van der Waals surface area contributed by atoms with E-state index in [4.69, 9.17) is 5.11 Å². The minimum Gasteiger partial charge on any atom is -0.396 e. The van der Waals surface area contributed by atoms with Gasteiger partial charge in [-0.2, -0.15) is 0 Å². The third kappa shape index (κ3) is 1.94. The molecule has 1 saturated heterocycles. The second-order valence-corrected chi connectivity index (χ2v) is 3.54. The van der Waals surface area contributed by atoms with Crippen molar-refractivity contribution in [3.63, 3.8) is 0 Å². The van der Waals surface area contributed by atoms with Gasteiger partial charge in [-0.25, -0.2) is 0 Å². The Hall–Kier alpha value is -0.0800. The molecule has 0 aliphatic carbocycles. The number of aliphatic hydroxyl groups excluding tert-OH is 1. The number of hydrogen-bond acceptors (Lipinski definition) is 2. The highest BCUT2D eigenvalue weighted by Crippen LogP contribution is 2.23. The highest BCUT2D eigenvalue weighted by Gasteiger charge is 2.27. The molecule has 11 heavy (non-hydrogen) atoms. The third-order valence-electron chi connectivity index (χ3n) is 2.88. The van der Waals surface area contributed by atoms with Crippen LogP contribution < -0.4 is 0 Å². The van der Waals surface area contributed by atoms with E-state index in [0.29, 0.717) is 18.6 Å². The first-order valence-electron chi connectivity index (χ1n) is 4.60. The molecule has 1 aliphatic rings. The molecule has 2 unspecified atom stereocenters. The molecule has 1 rings (SSSR count). The first-order chi connectivity index (χ1) is 5.29. The van der Waals surface area contributed by atoms with Crippen LogP contribution in [-0.4, -0.2) is 36.2 Å². The van der Waals surface area contributed by atoms with Crippen LogP contribution in [0.2, 0.25) is 0 Å². The smallest absolute Gasteiger partial charge is 0.0474 e. The van der Waals surface area contributed by atoms with Gasteiger partial charge in [0.2, 0.25) is 0 Å². The highest BCUT2D eigenvalue weighted by molar-refractivity contribution is 4.81. The van der Waals surface area contributed by atoms with Gasteiger partial charge in [0, 0.05) is 12.6 Å². The number of aliphatic hydroxyl groups is 1. The molecule has 1 aliphatic heterocycles. The van der Waals surface area contributed by atoms with E-state index < -0.39 is 0 Å². The predicted octanol–water partition coefficient (Wildman–Crippen LogP) is 1.10. The summed E-state index contributed by atoms with van der Waals surface area (Å²) >= 11 is 0. The molecule has 0 saturated carbocycles. The van der Waals surface area contributed by atoms with Crippen LogP contribution >= 0.6 is 0 Å². The van der Waals surface area contributed by atoms with Crippen LogP contribution in [0.1, 0.15) is 26.2 Å². The molecule has 66 valence electrons. The van der Waals surface area contributed by atoms with E-state index in [1.807, 2.05) is 0 Å². The van der Waals surface area contributed by atoms with E-state index in [1.54, 1.807) is 0 Å². The van der Waals surface area contributed by atoms with Crippen molar-refractivity contribution in [2.24, 2.45) is 5.92 Å². The molecular formula is C9H19NO. The summed E-state index contributed by atoms with van der Waals surface area (Å²) in [4.78, 5) is 2.38. The first kappa shape index (κ1) is 9.01. The number of hydrogen-bond donors (Lipinski definition) is 1. The van der Waals surface area contributed by atoms with Gasteiger partial charge in [-0.3, -0.25) is 0 Å². The largest absolute Gasteiger partial charge is 0.396 e. The lowest BCUT2D eigenvalue weighted by atomic mass is 9.96. The fourth-order valence-corrected chi connectivity index (χ4v) is 2.05. The molecule has 1 N–H and O–H groups in total. The van der Waals surface area contributed by atoms with Gasteiger partial charge in [0.25, 0.3) is 0 Å². The maximum Gasteiger partial charge on any atom is 0.0474 e. The lowest BCUT2D eigenvalue weighted by Crippen LogP contribution is -2.34. The number of likely N-dealkylation sites (tertiary alicyclic amines) is 1. The maximum atomic E-state index is 9.08. The van der Waals surface area contributed by atoms with E-state index in [0.717, 1.165) is 6.42 Å². The topological polar surface area (TPSA) is 23.5 Å². The average molecular weight is 157 g/mol. The van der Waals surface area contributed by atoms with Crippen LogP contribution in [0.25, 0.3) is 0 Å². The van der Waals surface area contributed by atoms with Gasteiger partial charge in [0.1, 0.15) is 0 Å². The van der Waals surface area contributed by atoms with E-state index in [9.17, 15) is 0 Å². The van der Waals surface area contributed by atoms with Gasteiger partial charge in [-0.15, -0.1) is 0 Å². The quantitative estimate of drug-likeness (QED) is 0.663. The molecule has 0 spiro atoms. The van der Waals surface area contributed by atoms with Gasteiger partial charge in [0.05, 0.1) is 0 Å². The van der Waals surface area contributed by atoms with E-state index in [2.05, 4.69) is 18.9 Å². The summed E-state index contributed by atoms with van der Waals surface area (Å²) in [5.41, 5.74) is 0. The maximum absolute atomic E-state index is 9.08. The second kappa shape index (κ2) is 4.07. The van der Waals surface area contributed by atoms with Crippen LogP contribution in [0.15, 0.2) is 0 Å². The highest BCUT2D eigenvalue weighted by atomic mass is 16.3. The van der Waals surface area contributed by atoms with E-state index >= 15 is 0 Å². The Morgan fingerprint density at radius 1 is 1.64 bits per heavy atom. The van der Waals surface area contributed by atoms with Crippen LogP contribution in [0.5, 0.6) is 0 Å². The third-order valence-corrected chi connectivity index (χ3v) is 2.88. The zero-order chi connectivity index (χ0) is 8.27. The second-order valence-electron chi connectivity index (χ2n) is 3.54. The molecule has 0 bridgehead atoms. The SMILES string of the molecule is CCC(CO)C1CCCN1C. The molecular weight excluding hydrogens is 138 g/mol. The van der Waals surface area contributed by atoms with Gasteiger partial charge in [-0.05, 0) is 38.8 Å². The first-order valence-corrected chi connectivity index (χ1v) is 4.60. The summed E-state index contributed by atoms with van der Waals surface area (Å²) in [6.07, 6.45) is 3.68. The standard InChI is InChI=1S/C9H19NO/c1-3-8(7-11)9-5-4-6-10(9)2/h8-9,11H,3-7H2,1-2H3. The average Bonchev–Trinajstić information content (AvgIpc) is 2.40. The van der Waals surface area contributed by atoms with Crippen molar-refractivity contribution in [2.75, 3.05) is 20.2 Å². The minimum absolute atomic E-state index is 0.353. The molecule has 0 amide bonds. The normalized spacial score (nSPS) is 29.2. The van der Waals surface area contributed by atoms with Crippen LogP contribution in [0, 0.1) is 5.92 Å². The number of rotatable bonds is 3. The summed E-state index contributed by atoms with van der Waals surface area (Å²) in [6, 6.07) is 0.644. The minimum atomic E-state index is 0.353. The Kier molecular flexibility index (Phi) is 3.34. The molecule has 0 radical (unpaired) electrons. The summed E-state index contributed by atoms with van der Waals surface area (Å²) in [5, 5.41) is 9.08. The molecule has 0 aromatic carbocycles. The summed E-state index contributed by atoms with van der Waals surface area (Å²) in [7, 11) is 2.16. The molecule has 2 nitrogen and oxygen atoms in total. The molecule has 2 atom stereocenters. The van der Waals surface area contributed by atoms with Crippen LogP contribution in [0.4, 0.5) is 0 Å². The zero-order valence-corrected chi connectivity index (χ0v) is 7.58. The van der Waals surface area contributed by atoms with Gasteiger partial charge in [0.15, 0.2) is 0 Å². The van der Waals surface area contributed by atoms with Crippen molar-refractivity contribution in [1.29, 1.82) is 0 Å². The predicted molar refractivity (Wildman–Crippen MR) is 46.5 cm³/mol. The number of nitrogens with zero attached hydrogens (tertiary/aromatic N) is 1. The fourth-order valence-electron chi connectivity index (χ4n) is 2.05. The lowest BCUT2D eigenvalue weighted by Gasteiger charge is -2.26. The summed E-state index contributed by atoms with van der Waals surface area (Å²) in [5.74, 6) is 0.502. The molecule has 1 heterocycles. The van der Waals surface area contributed by atoms with E-state index in [-0.39, 0.29) is 0 Å². The molecule has 2 heteroatoms. The Balaban J connectivity index is 2.43.